The second-order valence-electron chi connectivity index (χ2n) is 7.32. The number of halogens is 1. The lowest BCUT2D eigenvalue weighted by atomic mass is 10.0. The molecule has 0 aliphatic heterocycles. The minimum atomic E-state index is -0.739. The minimum Gasteiger partial charge on any atom is -0.497 e. The molecule has 0 saturated heterocycles. The molecule has 0 spiro atoms. The summed E-state index contributed by atoms with van der Waals surface area (Å²) in [6.45, 7) is 5.69. The van der Waals surface area contributed by atoms with E-state index >= 15 is 0 Å². The van der Waals surface area contributed by atoms with Gasteiger partial charge in [0.15, 0.2) is 5.13 Å². The zero-order valence-electron chi connectivity index (χ0n) is 17.7. The maximum Gasteiger partial charge on any atom is 0.253 e. The van der Waals surface area contributed by atoms with Crippen molar-refractivity contribution >= 4 is 39.9 Å². The Kier molecular flexibility index (Phi) is 7.30. The highest BCUT2D eigenvalue weighted by atomic mass is 35.5. The van der Waals surface area contributed by atoms with Crippen LogP contribution in [0.4, 0.5) is 5.13 Å². The van der Waals surface area contributed by atoms with Crippen molar-refractivity contribution < 1.29 is 14.3 Å². The molecule has 1 aromatic heterocycles. The van der Waals surface area contributed by atoms with E-state index in [4.69, 9.17) is 16.3 Å². The van der Waals surface area contributed by atoms with Crippen LogP contribution in [0.1, 0.15) is 29.1 Å². The van der Waals surface area contributed by atoms with Gasteiger partial charge < -0.3 is 15.4 Å². The van der Waals surface area contributed by atoms with Gasteiger partial charge in [-0.25, -0.2) is 4.98 Å². The van der Waals surface area contributed by atoms with Crippen LogP contribution in [0.15, 0.2) is 48.5 Å². The van der Waals surface area contributed by atoms with Gasteiger partial charge in [0, 0.05) is 10.4 Å². The molecule has 162 valence electrons. The number of thiazole rings is 1. The van der Waals surface area contributed by atoms with Crippen LogP contribution in [0.5, 0.6) is 5.75 Å². The van der Waals surface area contributed by atoms with Crippen molar-refractivity contribution in [2.75, 3.05) is 12.4 Å². The van der Waals surface area contributed by atoms with Crippen LogP contribution in [0.3, 0.4) is 0 Å². The van der Waals surface area contributed by atoms with Gasteiger partial charge in [0.1, 0.15) is 11.8 Å². The quantitative estimate of drug-likeness (QED) is 0.512. The molecule has 0 saturated carbocycles. The van der Waals surface area contributed by atoms with Crippen molar-refractivity contribution in [2.24, 2.45) is 5.92 Å². The zero-order chi connectivity index (χ0) is 22.5. The molecule has 0 aliphatic rings. The van der Waals surface area contributed by atoms with Crippen molar-refractivity contribution in [3.63, 3.8) is 0 Å². The number of aromatic nitrogens is 1. The van der Waals surface area contributed by atoms with Gasteiger partial charge in [-0.2, -0.15) is 0 Å². The van der Waals surface area contributed by atoms with Gasteiger partial charge in [-0.3, -0.25) is 9.59 Å². The lowest BCUT2D eigenvalue weighted by molar-refractivity contribution is -0.118. The Balaban J connectivity index is 1.75. The molecule has 6 nitrogen and oxygen atoms in total. The van der Waals surface area contributed by atoms with E-state index in [1.165, 1.54) is 11.3 Å². The van der Waals surface area contributed by atoms with Crippen LogP contribution in [-0.2, 0) is 4.79 Å². The fourth-order valence-corrected chi connectivity index (χ4v) is 4.11. The third-order valence-electron chi connectivity index (χ3n) is 4.74. The Morgan fingerprint density at radius 1 is 1.10 bits per heavy atom. The Bertz CT molecular complexity index is 1080. The molecule has 2 N–H and O–H groups in total. The highest BCUT2D eigenvalue weighted by Crippen LogP contribution is 2.31. The highest BCUT2D eigenvalue weighted by Gasteiger charge is 2.26. The van der Waals surface area contributed by atoms with Gasteiger partial charge >= 0.3 is 0 Å². The first kappa shape index (κ1) is 22.8. The fraction of sp³-hybridized carbons (Fsp3) is 0.261. The number of amides is 2. The first-order chi connectivity index (χ1) is 14.8. The first-order valence-corrected chi connectivity index (χ1v) is 11.0. The van der Waals surface area contributed by atoms with Gasteiger partial charge in [-0.1, -0.05) is 37.6 Å². The molecule has 8 heteroatoms. The number of carbonyl (C=O) groups excluding carboxylic acids is 2. The number of hydrogen-bond donors (Lipinski definition) is 2. The molecule has 2 aromatic carbocycles. The fourth-order valence-electron chi connectivity index (χ4n) is 3.05. The van der Waals surface area contributed by atoms with Crippen molar-refractivity contribution in [2.45, 2.75) is 26.8 Å². The molecular weight excluding hydrogens is 434 g/mol. The molecule has 31 heavy (non-hydrogen) atoms. The second kappa shape index (κ2) is 9.94. The molecule has 0 bridgehead atoms. The van der Waals surface area contributed by atoms with E-state index in [0.29, 0.717) is 15.7 Å². The Labute approximate surface area is 190 Å². The molecule has 0 aliphatic carbocycles. The topological polar surface area (TPSA) is 80.3 Å². The molecule has 0 fully saturated rings. The number of anilines is 1. The molecule has 3 rings (SSSR count). The van der Waals surface area contributed by atoms with E-state index in [-0.39, 0.29) is 11.8 Å². The van der Waals surface area contributed by atoms with E-state index in [1.54, 1.807) is 31.4 Å². The first-order valence-electron chi connectivity index (χ1n) is 9.78. The molecule has 1 atom stereocenters. The zero-order valence-corrected chi connectivity index (χ0v) is 19.3. The lowest BCUT2D eigenvalue weighted by Gasteiger charge is -2.21. The monoisotopic (exact) mass is 457 g/mol. The van der Waals surface area contributed by atoms with Crippen LogP contribution in [0.25, 0.3) is 11.3 Å². The summed E-state index contributed by atoms with van der Waals surface area (Å²) in [5.41, 5.74) is 2.06. The maximum absolute atomic E-state index is 12.9. The molecule has 0 radical (unpaired) electrons. The molecule has 3 aromatic rings. The van der Waals surface area contributed by atoms with E-state index in [9.17, 15) is 9.59 Å². The lowest BCUT2D eigenvalue weighted by Crippen LogP contribution is -2.47. The highest BCUT2D eigenvalue weighted by molar-refractivity contribution is 7.16. The number of benzene rings is 2. The summed E-state index contributed by atoms with van der Waals surface area (Å²) in [5, 5.41) is 6.44. The van der Waals surface area contributed by atoms with Crippen LogP contribution in [0.2, 0.25) is 5.02 Å². The van der Waals surface area contributed by atoms with E-state index in [2.05, 4.69) is 15.6 Å². The number of ether oxygens (including phenoxy) is 1. The normalized spacial score (nSPS) is 11.8. The summed E-state index contributed by atoms with van der Waals surface area (Å²) in [7, 11) is 1.62. The number of methoxy groups -OCH3 is 1. The third kappa shape index (κ3) is 5.42. The number of hydrogen-bond acceptors (Lipinski definition) is 5. The number of carbonyl (C=O) groups is 2. The summed E-state index contributed by atoms with van der Waals surface area (Å²) in [6.07, 6.45) is 0. The molecule has 1 heterocycles. The van der Waals surface area contributed by atoms with E-state index < -0.39 is 11.9 Å². The molecule has 0 unspecified atom stereocenters. The van der Waals surface area contributed by atoms with Gasteiger partial charge in [-0.15, -0.1) is 11.3 Å². The van der Waals surface area contributed by atoms with E-state index in [0.717, 1.165) is 21.9 Å². The van der Waals surface area contributed by atoms with Gasteiger partial charge in [0.05, 0.1) is 23.4 Å². The average molecular weight is 458 g/mol. The number of nitrogens with one attached hydrogen (secondary N) is 2. The number of nitrogens with zero attached hydrogens (tertiary/aromatic N) is 1. The SMILES string of the molecule is COc1ccc(-c2nc(NC(=O)[C@@H](NC(=O)c3ccccc3Cl)C(C)C)sc2C)cc1. The Hall–Kier alpha value is -2.90. The summed E-state index contributed by atoms with van der Waals surface area (Å²) in [6, 6.07) is 13.6. The van der Waals surface area contributed by atoms with Crippen LogP contribution >= 0.6 is 22.9 Å². The minimum absolute atomic E-state index is 0.131. The number of aryl methyl sites for hydroxylation is 1. The van der Waals surface area contributed by atoms with E-state index in [1.807, 2.05) is 45.0 Å². The average Bonchev–Trinajstić information content (AvgIpc) is 3.11. The van der Waals surface area contributed by atoms with Crippen molar-refractivity contribution in [1.82, 2.24) is 10.3 Å². The Morgan fingerprint density at radius 2 is 1.77 bits per heavy atom. The largest absolute Gasteiger partial charge is 0.497 e. The maximum atomic E-state index is 12.9. The van der Waals surface area contributed by atoms with Gasteiger partial charge in [0.25, 0.3) is 5.91 Å². The molecular formula is C23H24ClN3O3S. The Morgan fingerprint density at radius 3 is 2.39 bits per heavy atom. The van der Waals surface area contributed by atoms with Crippen molar-refractivity contribution in [3.05, 3.63) is 64.0 Å². The third-order valence-corrected chi connectivity index (χ3v) is 5.96. The predicted octanol–water partition coefficient (Wildman–Crippen LogP) is 5.17. The molecule has 2 amide bonds. The van der Waals surface area contributed by atoms with Crippen LogP contribution in [-0.4, -0.2) is 29.9 Å². The van der Waals surface area contributed by atoms with Gasteiger partial charge in [-0.05, 0) is 49.2 Å². The summed E-state index contributed by atoms with van der Waals surface area (Å²) >= 11 is 7.50. The van der Waals surface area contributed by atoms with Gasteiger partial charge in [0.2, 0.25) is 5.91 Å². The standard InChI is InChI=1S/C23H24ClN3O3S/c1-13(2)19(25-21(28)17-7-5-6-8-18(17)24)22(29)27-23-26-20(14(3)31-23)15-9-11-16(30-4)12-10-15/h5-13,19H,1-4H3,(H,25,28)(H,26,27,29)/t19-/m0/s1. The summed E-state index contributed by atoms with van der Waals surface area (Å²) in [5.74, 6) is -0.0909. The van der Waals surface area contributed by atoms with Crippen LogP contribution in [0, 0.1) is 12.8 Å². The smallest absolute Gasteiger partial charge is 0.253 e. The summed E-state index contributed by atoms with van der Waals surface area (Å²) in [4.78, 5) is 31.1. The predicted molar refractivity (Wildman–Crippen MR) is 125 cm³/mol. The van der Waals surface area contributed by atoms with Crippen molar-refractivity contribution in [3.8, 4) is 17.0 Å². The second-order valence-corrected chi connectivity index (χ2v) is 8.93. The summed E-state index contributed by atoms with van der Waals surface area (Å²) < 4.78 is 5.20. The van der Waals surface area contributed by atoms with Crippen molar-refractivity contribution in [1.29, 1.82) is 0 Å². The number of rotatable bonds is 7. The van der Waals surface area contributed by atoms with Crippen LogP contribution < -0.4 is 15.4 Å².